The zero-order valence-corrected chi connectivity index (χ0v) is 20.5. The largest absolute Gasteiger partial charge is 0.466 e. The van der Waals surface area contributed by atoms with Crippen LogP contribution in [0, 0.1) is 11.8 Å². The fourth-order valence-electron chi connectivity index (χ4n) is 3.61. The Morgan fingerprint density at radius 3 is 1.57 bits per heavy atom. The minimum absolute atomic E-state index is 0.0198. The van der Waals surface area contributed by atoms with Gasteiger partial charge in [0, 0.05) is 6.42 Å². The molecule has 0 N–H and O–H groups in total. The number of esters is 2. The number of carbonyl (C=O) groups is 2. The molecule has 0 amide bonds. The van der Waals surface area contributed by atoms with E-state index in [4.69, 9.17) is 9.47 Å². The molecule has 30 heavy (non-hydrogen) atoms. The van der Waals surface area contributed by atoms with E-state index in [-0.39, 0.29) is 17.9 Å². The third-order valence-electron chi connectivity index (χ3n) is 5.93. The summed E-state index contributed by atoms with van der Waals surface area (Å²) in [6, 6.07) is 0. The molecule has 0 aliphatic heterocycles. The third kappa shape index (κ3) is 17.8. The van der Waals surface area contributed by atoms with Crippen LogP contribution in [0.4, 0.5) is 0 Å². The first-order chi connectivity index (χ1) is 14.5. The number of carbonyl (C=O) groups excluding carboxylic acids is 2. The number of rotatable bonds is 21. The van der Waals surface area contributed by atoms with E-state index in [9.17, 15) is 9.59 Å². The molecule has 4 nitrogen and oxygen atoms in total. The number of unbranched alkanes of at least 4 members (excludes halogenated alkanes) is 11. The van der Waals surface area contributed by atoms with Crippen LogP contribution in [0.3, 0.4) is 0 Å². The quantitative estimate of drug-likeness (QED) is 0.140. The minimum atomic E-state index is -0.0321. The van der Waals surface area contributed by atoms with Crippen LogP contribution >= 0.6 is 0 Å². The van der Waals surface area contributed by atoms with Gasteiger partial charge in [0.15, 0.2) is 0 Å². The van der Waals surface area contributed by atoms with Gasteiger partial charge in [-0.2, -0.15) is 0 Å². The molecule has 0 bridgehead atoms. The molecule has 0 heterocycles. The molecule has 0 spiro atoms. The summed E-state index contributed by atoms with van der Waals surface area (Å²) in [6.07, 6.45) is 18.7. The van der Waals surface area contributed by atoms with Crippen molar-refractivity contribution < 1.29 is 19.1 Å². The van der Waals surface area contributed by atoms with Gasteiger partial charge in [0.2, 0.25) is 0 Å². The zero-order chi connectivity index (χ0) is 22.5. The molecule has 0 rings (SSSR count). The summed E-state index contributed by atoms with van der Waals surface area (Å²) in [7, 11) is 0. The summed E-state index contributed by atoms with van der Waals surface area (Å²) < 4.78 is 10.3. The first kappa shape index (κ1) is 28.9. The van der Waals surface area contributed by atoms with Crippen molar-refractivity contribution in [3.05, 3.63) is 0 Å². The first-order valence-corrected chi connectivity index (χ1v) is 12.8. The van der Waals surface area contributed by atoms with Gasteiger partial charge in [-0.05, 0) is 31.6 Å². The fourth-order valence-corrected chi connectivity index (χ4v) is 3.61. The second-order valence-electron chi connectivity index (χ2n) is 8.94. The molecule has 4 heteroatoms. The lowest BCUT2D eigenvalue weighted by atomic mass is 9.90. The Morgan fingerprint density at radius 2 is 1.07 bits per heavy atom. The van der Waals surface area contributed by atoms with Crippen LogP contribution in [0.5, 0.6) is 0 Å². The molecular weight excluding hydrogens is 376 g/mol. The lowest BCUT2D eigenvalue weighted by molar-refractivity contribution is -0.149. The Balaban J connectivity index is 3.35. The van der Waals surface area contributed by atoms with Gasteiger partial charge in [-0.3, -0.25) is 9.59 Å². The molecule has 0 aliphatic rings. The van der Waals surface area contributed by atoms with E-state index in [1.807, 2.05) is 20.8 Å². The van der Waals surface area contributed by atoms with Crippen LogP contribution in [-0.4, -0.2) is 25.2 Å². The highest BCUT2D eigenvalue weighted by Gasteiger charge is 2.20. The van der Waals surface area contributed by atoms with Gasteiger partial charge in [0.1, 0.15) is 0 Å². The van der Waals surface area contributed by atoms with Crippen molar-refractivity contribution >= 4 is 11.9 Å². The highest BCUT2D eigenvalue weighted by atomic mass is 16.5. The molecule has 0 radical (unpaired) electrons. The van der Waals surface area contributed by atoms with E-state index in [1.54, 1.807) is 0 Å². The molecule has 178 valence electrons. The van der Waals surface area contributed by atoms with E-state index in [1.165, 1.54) is 64.2 Å². The Morgan fingerprint density at radius 1 is 0.633 bits per heavy atom. The molecule has 0 aliphatic carbocycles. The van der Waals surface area contributed by atoms with Crippen molar-refractivity contribution in [2.24, 2.45) is 11.8 Å². The van der Waals surface area contributed by atoms with Crippen LogP contribution in [0.2, 0.25) is 0 Å². The van der Waals surface area contributed by atoms with Crippen molar-refractivity contribution in [3.63, 3.8) is 0 Å². The van der Waals surface area contributed by atoms with Crippen LogP contribution in [-0.2, 0) is 19.1 Å². The third-order valence-corrected chi connectivity index (χ3v) is 5.93. The molecule has 0 aromatic rings. The maximum atomic E-state index is 11.9. The Bertz CT molecular complexity index is 408. The van der Waals surface area contributed by atoms with Gasteiger partial charge in [-0.25, -0.2) is 0 Å². The average molecular weight is 427 g/mol. The first-order valence-electron chi connectivity index (χ1n) is 12.8. The van der Waals surface area contributed by atoms with Crippen LogP contribution in [0.1, 0.15) is 130 Å². The zero-order valence-electron chi connectivity index (χ0n) is 20.5. The highest BCUT2D eigenvalue weighted by Crippen LogP contribution is 2.21. The number of ether oxygens (including phenoxy) is 2. The van der Waals surface area contributed by atoms with Gasteiger partial charge in [-0.15, -0.1) is 0 Å². The second-order valence-corrected chi connectivity index (χ2v) is 8.94. The van der Waals surface area contributed by atoms with Crippen molar-refractivity contribution in [2.45, 2.75) is 130 Å². The van der Waals surface area contributed by atoms with E-state index < -0.39 is 0 Å². The number of hydrogen-bond donors (Lipinski definition) is 0. The molecule has 2 unspecified atom stereocenters. The summed E-state index contributed by atoms with van der Waals surface area (Å²) in [5.41, 5.74) is 0. The van der Waals surface area contributed by atoms with Gasteiger partial charge >= 0.3 is 11.9 Å². The van der Waals surface area contributed by atoms with E-state index in [0.717, 1.165) is 32.1 Å². The predicted octanol–water partition coefficient (Wildman–Crippen LogP) is 7.63. The monoisotopic (exact) mass is 426 g/mol. The van der Waals surface area contributed by atoms with E-state index >= 15 is 0 Å². The Hall–Kier alpha value is -1.06. The van der Waals surface area contributed by atoms with Gasteiger partial charge in [-0.1, -0.05) is 98.3 Å². The summed E-state index contributed by atoms with van der Waals surface area (Å²) in [4.78, 5) is 23.3. The highest BCUT2D eigenvalue weighted by molar-refractivity contribution is 5.72. The molecular formula is C26H50O4. The lowest BCUT2D eigenvalue weighted by Crippen LogP contribution is -2.21. The van der Waals surface area contributed by atoms with Gasteiger partial charge in [0.05, 0.1) is 19.1 Å². The van der Waals surface area contributed by atoms with E-state index in [0.29, 0.717) is 25.6 Å². The fraction of sp³-hybridized carbons (Fsp3) is 0.923. The molecule has 0 aromatic heterocycles. The lowest BCUT2D eigenvalue weighted by Gasteiger charge is -2.18. The topological polar surface area (TPSA) is 52.6 Å². The van der Waals surface area contributed by atoms with Gasteiger partial charge in [0.25, 0.3) is 0 Å². The Labute approximate surface area is 186 Å². The molecule has 2 atom stereocenters. The van der Waals surface area contributed by atoms with Crippen molar-refractivity contribution in [3.8, 4) is 0 Å². The maximum absolute atomic E-state index is 11.9. The summed E-state index contributed by atoms with van der Waals surface area (Å²) in [6.45, 7) is 9.34. The smallest absolute Gasteiger partial charge is 0.308 e. The maximum Gasteiger partial charge on any atom is 0.308 e. The molecule has 0 aromatic carbocycles. The molecule has 0 fully saturated rings. The van der Waals surface area contributed by atoms with Crippen LogP contribution < -0.4 is 0 Å². The van der Waals surface area contributed by atoms with Crippen LogP contribution in [0.15, 0.2) is 0 Å². The molecule has 0 saturated heterocycles. The van der Waals surface area contributed by atoms with Crippen LogP contribution in [0.25, 0.3) is 0 Å². The summed E-state index contributed by atoms with van der Waals surface area (Å²) >= 11 is 0. The van der Waals surface area contributed by atoms with E-state index in [2.05, 4.69) is 6.92 Å². The second kappa shape index (κ2) is 21.2. The normalized spacial score (nSPS) is 13.1. The summed E-state index contributed by atoms with van der Waals surface area (Å²) in [5.74, 6) is 0.372. The van der Waals surface area contributed by atoms with Gasteiger partial charge < -0.3 is 9.47 Å². The van der Waals surface area contributed by atoms with Crippen molar-refractivity contribution in [2.75, 3.05) is 13.2 Å². The average Bonchev–Trinajstić information content (AvgIpc) is 2.75. The van der Waals surface area contributed by atoms with Crippen molar-refractivity contribution in [1.82, 2.24) is 0 Å². The Kier molecular flexibility index (Phi) is 20.4. The van der Waals surface area contributed by atoms with Crippen molar-refractivity contribution in [1.29, 1.82) is 0 Å². The summed E-state index contributed by atoms with van der Waals surface area (Å²) in [5, 5.41) is 0. The molecule has 0 saturated carbocycles. The predicted molar refractivity (Wildman–Crippen MR) is 125 cm³/mol. The number of hydrogen-bond acceptors (Lipinski definition) is 4. The standard InChI is InChI=1S/C26H50O4/c1-5-21-29-25(27)20-18-16-14-12-10-8-7-9-11-13-15-17-19-23(3)24(4)26(28)30-22-6-2/h23-24H,5-22H2,1-4H3. The minimum Gasteiger partial charge on any atom is -0.466 e. The SMILES string of the molecule is CCCOC(=O)CCCCCCCCCCCCCCC(C)C(C)C(=O)OCCC.